The number of hydrogen-bond donors (Lipinski definition) is 2. The average molecular weight is 300 g/mol. The summed E-state index contributed by atoms with van der Waals surface area (Å²) in [6, 6.07) is 9.41. The van der Waals surface area contributed by atoms with Crippen molar-refractivity contribution >= 4 is 11.3 Å². The lowest BCUT2D eigenvalue weighted by Crippen LogP contribution is -2.01. The number of nitriles is 1. The molecule has 0 aliphatic carbocycles. The number of hydrogen-bond acceptors (Lipinski definition) is 7. The molecule has 114 valence electrons. The molecular formula is C14H16N6O2. The molecule has 0 saturated carbocycles. The Morgan fingerprint density at radius 3 is 2.82 bits per heavy atom. The third kappa shape index (κ3) is 4.57. The second-order valence-corrected chi connectivity index (χ2v) is 4.27. The van der Waals surface area contributed by atoms with Crippen molar-refractivity contribution in [2.45, 2.75) is 6.42 Å². The molecule has 22 heavy (non-hydrogen) atoms. The Morgan fingerprint density at radius 2 is 2.18 bits per heavy atom. The van der Waals surface area contributed by atoms with E-state index in [0.717, 1.165) is 17.9 Å². The van der Waals surface area contributed by atoms with Gasteiger partial charge in [-0.3, -0.25) is 0 Å². The zero-order valence-corrected chi connectivity index (χ0v) is 12.1. The lowest BCUT2D eigenvalue weighted by molar-refractivity contribution is 0.172. The van der Waals surface area contributed by atoms with Gasteiger partial charge in [-0.1, -0.05) is 0 Å². The van der Waals surface area contributed by atoms with Crippen LogP contribution < -0.4 is 10.1 Å². The predicted molar refractivity (Wildman–Crippen MR) is 79.8 cm³/mol. The van der Waals surface area contributed by atoms with Crippen molar-refractivity contribution in [2.75, 3.05) is 25.6 Å². The predicted octanol–water partition coefficient (Wildman–Crippen LogP) is 1.59. The van der Waals surface area contributed by atoms with Crippen molar-refractivity contribution < 1.29 is 9.47 Å². The quantitative estimate of drug-likeness (QED) is 0.563. The molecule has 2 aromatic rings. The third-order valence-electron chi connectivity index (χ3n) is 2.71. The van der Waals surface area contributed by atoms with Gasteiger partial charge in [0.05, 0.1) is 6.61 Å². The molecule has 0 atom stereocenters. The monoisotopic (exact) mass is 300 g/mol. The van der Waals surface area contributed by atoms with Crippen molar-refractivity contribution in [2.24, 2.45) is 0 Å². The molecule has 0 radical (unpaired) electrons. The van der Waals surface area contributed by atoms with Gasteiger partial charge in [-0.2, -0.15) is 10.5 Å². The van der Waals surface area contributed by atoms with Crippen molar-refractivity contribution in [3.8, 4) is 11.8 Å². The van der Waals surface area contributed by atoms with E-state index in [4.69, 9.17) is 14.7 Å². The second kappa shape index (κ2) is 8.39. The Morgan fingerprint density at radius 1 is 1.36 bits per heavy atom. The van der Waals surface area contributed by atoms with E-state index in [1.54, 1.807) is 7.11 Å². The van der Waals surface area contributed by atoms with Crippen LogP contribution in [0.3, 0.4) is 0 Å². The molecule has 0 unspecified atom stereocenters. The topological polar surface area (TPSA) is 109 Å². The van der Waals surface area contributed by atoms with Crippen LogP contribution >= 0.6 is 0 Å². The van der Waals surface area contributed by atoms with E-state index in [-0.39, 0.29) is 11.4 Å². The molecule has 1 aromatic heterocycles. The Kier molecular flexibility index (Phi) is 5.90. The summed E-state index contributed by atoms with van der Waals surface area (Å²) >= 11 is 0. The average Bonchev–Trinajstić information content (AvgIpc) is 3.08. The summed E-state index contributed by atoms with van der Waals surface area (Å²) in [6.07, 6.45) is 2.37. The lowest BCUT2D eigenvalue weighted by atomic mass is 10.3. The highest BCUT2D eigenvalue weighted by Gasteiger charge is 2.05. The number of aromatic amines is 1. The minimum atomic E-state index is 0.244. The smallest absolute Gasteiger partial charge is 0.216 e. The third-order valence-corrected chi connectivity index (χ3v) is 2.71. The zero-order chi connectivity index (χ0) is 15.6. The summed E-state index contributed by atoms with van der Waals surface area (Å²) < 4.78 is 10.5. The molecule has 0 aliphatic heterocycles. The molecule has 0 spiro atoms. The molecule has 2 N–H and O–H groups in total. The molecule has 1 aromatic carbocycles. The maximum absolute atomic E-state index is 9.05. The molecule has 2 rings (SSSR count). The fourth-order valence-corrected chi connectivity index (χ4v) is 1.62. The maximum atomic E-state index is 9.05. The highest BCUT2D eigenvalue weighted by Crippen LogP contribution is 2.17. The number of nitrogens with one attached hydrogen (secondary N) is 2. The summed E-state index contributed by atoms with van der Waals surface area (Å²) in [7, 11) is 1.66. The van der Waals surface area contributed by atoms with Gasteiger partial charge < -0.3 is 14.8 Å². The Balaban J connectivity index is 1.90. The highest BCUT2D eigenvalue weighted by molar-refractivity contribution is 5.74. The lowest BCUT2D eigenvalue weighted by Gasteiger charge is -2.07. The summed E-state index contributed by atoms with van der Waals surface area (Å²) in [6.45, 7) is 1.29. The molecule has 8 heteroatoms. The SMILES string of the molecule is COCCCOc1ccc(NC=C(C#N)c2nn[nH]n2)cc1. The van der Waals surface area contributed by atoms with Gasteiger partial charge in [0.15, 0.2) is 0 Å². The first-order chi connectivity index (χ1) is 10.8. The first-order valence-electron chi connectivity index (χ1n) is 6.66. The number of ether oxygens (including phenoxy) is 2. The molecule has 0 saturated heterocycles. The maximum Gasteiger partial charge on any atom is 0.216 e. The summed E-state index contributed by atoms with van der Waals surface area (Å²) in [5.41, 5.74) is 1.11. The van der Waals surface area contributed by atoms with Crippen molar-refractivity contribution in [1.29, 1.82) is 5.26 Å². The molecule has 1 heterocycles. The minimum absolute atomic E-state index is 0.244. The number of methoxy groups -OCH3 is 1. The van der Waals surface area contributed by atoms with Crippen molar-refractivity contribution in [3.63, 3.8) is 0 Å². The number of aromatic nitrogens is 4. The summed E-state index contributed by atoms with van der Waals surface area (Å²) in [4.78, 5) is 0. The number of rotatable bonds is 8. The van der Waals surface area contributed by atoms with Crippen LogP contribution in [0.15, 0.2) is 30.5 Å². The number of tetrazole rings is 1. The molecule has 0 amide bonds. The zero-order valence-electron chi connectivity index (χ0n) is 12.1. The van der Waals surface area contributed by atoms with E-state index in [2.05, 4.69) is 25.9 Å². The second-order valence-electron chi connectivity index (χ2n) is 4.27. The van der Waals surface area contributed by atoms with Crippen molar-refractivity contribution in [3.05, 3.63) is 36.3 Å². The molecular weight excluding hydrogens is 284 g/mol. The van der Waals surface area contributed by atoms with Crippen LogP contribution in [0.4, 0.5) is 5.69 Å². The van der Waals surface area contributed by atoms with E-state index in [1.165, 1.54) is 6.20 Å². The van der Waals surface area contributed by atoms with E-state index in [0.29, 0.717) is 13.2 Å². The van der Waals surface area contributed by atoms with Gasteiger partial charge in [-0.15, -0.1) is 10.2 Å². The summed E-state index contributed by atoms with van der Waals surface area (Å²) in [5, 5.41) is 25.3. The number of anilines is 1. The number of nitrogens with zero attached hydrogens (tertiary/aromatic N) is 4. The standard InChI is InChI=1S/C14H16N6O2/c1-21-7-2-8-22-13-5-3-12(4-6-13)16-10-11(9-15)14-17-19-20-18-14/h3-6,10,16H,2,7-8H2,1H3,(H,17,18,19,20). The van der Waals surface area contributed by atoms with Gasteiger partial charge in [0.2, 0.25) is 5.82 Å². The molecule has 0 bridgehead atoms. The Hall–Kier alpha value is -2.92. The van der Waals surface area contributed by atoms with Gasteiger partial charge in [0.1, 0.15) is 17.4 Å². The van der Waals surface area contributed by atoms with E-state index in [9.17, 15) is 0 Å². The van der Waals surface area contributed by atoms with Crippen LogP contribution in [0.5, 0.6) is 5.75 Å². The van der Waals surface area contributed by atoms with Crippen molar-refractivity contribution in [1.82, 2.24) is 20.6 Å². The van der Waals surface area contributed by atoms with Gasteiger partial charge in [0.25, 0.3) is 0 Å². The molecule has 8 nitrogen and oxygen atoms in total. The van der Waals surface area contributed by atoms with Gasteiger partial charge >= 0.3 is 0 Å². The fraction of sp³-hybridized carbons (Fsp3) is 0.286. The molecule has 0 fully saturated rings. The number of H-pyrrole nitrogens is 1. The number of allylic oxidation sites excluding steroid dienone is 1. The van der Waals surface area contributed by atoms with Gasteiger partial charge in [-0.05, 0) is 29.5 Å². The minimum Gasteiger partial charge on any atom is -0.494 e. The van der Waals surface area contributed by atoms with E-state index in [1.807, 2.05) is 30.3 Å². The van der Waals surface area contributed by atoms with Crippen LogP contribution in [-0.2, 0) is 4.74 Å². The Labute approximate surface area is 127 Å². The van der Waals surface area contributed by atoms with Crippen LogP contribution in [0.25, 0.3) is 5.57 Å². The Bertz CT molecular complexity index is 630. The van der Waals surface area contributed by atoms with E-state index >= 15 is 0 Å². The number of benzene rings is 1. The van der Waals surface area contributed by atoms with E-state index < -0.39 is 0 Å². The van der Waals surface area contributed by atoms with Crippen LogP contribution in [0.2, 0.25) is 0 Å². The first kappa shape index (κ1) is 15.5. The van der Waals surface area contributed by atoms with Gasteiger partial charge in [-0.25, -0.2) is 0 Å². The largest absolute Gasteiger partial charge is 0.494 e. The molecule has 0 aliphatic rings. The summed E-state index contributed by atoms with van der Waals surface area (Å²) in [5.74, 6) is 1.03. The van der Waals surface area contributed by atoms with Gasteiger partial charge in [0, 0.05) is 32.0 Å². The van der Waals surface area contributed by atoms with Crippen LogP contribution in [-0.4, -0.2) is 40.9 Å². The first-order valence-corrected chi connectivity index (χ1v) is 6.66. The highest BCUT2D eigenvalue weighted by atomic mass is 16.5. The normalized spacial score (nSPS) is 11.0. The fourth-order valence-electron chi connectivity index (χ4n) is 1.62. The van der Waals surface area contributed by atoms with Crippen LogP contribution in [0, 0.1) is 11.3 Å². The van der Waals surface area contributed by atoms with Crippen LogP contribution in [0.1, 0.15) is 12.2 Å².